The Morgan fingerprint density at radius 1 is 1.15 bits per heavy atom. The van der Waals surface area contributed by atoms with Crippen LogP contribution in [0.4, 0.5) is 0 Å². The molecule has 26 heavy (non-hydrogen) atoms. The zero-order valence-corrected chi connectivity index (χ0v) is 15.3. The first-order chi connectivity index (χ1) is 12.8. The van der Waals surface area contributed by atoms with E-state index in [2.05, 4.69) is 40.2 Å². The minimum absolute atomic E-state index is 0.0791. The molecule has 2 fully saturated rings. The molecule has 0 saturated carbocycles. The van der Waals surface area contributed by atoms with Crippen molar-refractivity contribution in [1.82, 2.24) is 9.88 Å². The van der Waals surface area contributed by atoms with Crippen LogP contribution < -0.4 is 4.74 Å². The molecule has 2 bridgehead atoms. The molecule has 0 radical (unpaired) electrons. The van der Waals surface area contributed by atoms with Crippen molar-refractivity contribution < 1.29 is 9.53 Å². The fourth-order valence-electron chi connectivity index (χ4n) is 4.71. The number of aromatic nitrogens is 1. The minimum atomic E-state index is 0.0791. The maximum atomic E-state index is 13.1. The van der Waals surface area contributed by atoms with Crippen LogP contribution in [0.2, 0.25) is 0 Å². The van der Waals surface area contributed by atoms with E-state index in [4.69, 9.17) is 4.74 Å². The summed E-state index contributed by atoms with van der Waals surface area (Å²) in [5.74, 6) is 0.920. The van der Waals surface area contributed by atoms with Gasteiger partial charge in [0.05, 0.1) is 12.7 Å². The third-order valence-corrected chi connectivity index (χ3v) is 5.97. The average molecular weight is 350 g/mol. The summed E-state index contributed by atoms with van der Waals surface area (Å²) in [5.41, 5.74) is 2.00. The van der Waals surface area contributed by atoms with E-state index in [1.807, 2.05) is 0 Å². The van der Waals surface area contributed by atoms with Crippen molar-refractivity contribution in [2.45, 2.75) is 50.7 Å². The van der Waals surface area contributed by atoms with Crippen LogP contribution in [0.5, 0.6) is 5.75 Å². The number of nitrogens with zero attached hydrogens (tertiary/aromatic N) is 2. The van der Waals surface area contributed by atoms with Crippen LogP contribution >= 0.6 is 0 Å². The van der Waals surface area contributed by atoms with Crippen molar-refractivity contribution in [2.75, 3.05) is 7.11 Å². The Kier molecular flexibility index (Phi) is 5.02. The first kappa shape index (κ1) is 17.2. The van der Waals surface area contributed by atoms with E-state index in [0.29, 0.717) is 23.4 Å². The van der Waals surface area contributed by atoms with Crippen molar-refractivity contribution in [1.29, 1.82) is 0 Å². The third kappa shape index (κ3) is 3.38. The van der Waals surface area contributed by atoms with Gasteiger partial charge in [0.1, 0.15) is 5.75 Å². The topological polar surface area (TPSA) is 42.4 Å². The molecule has 3 heterocycles. The predicted molar refractivity (Wildman–Crippen MR) is 101 cm³/mol. The van der Waals surface area contributed by atoms with Gasteiger partial charge in [0.2, 0.25) is 0 Å². The van der Waals surface area contributed by atoms with E-state index in [0.717, 1.165) is 19.4 Å². The number of carbonyl (C=O) groups excluding carboxylic acids is 1. The number of methoxy groups -OCH3 is 1. The number of rotatable bonds is 5. The number of ketones is 1. The van der Waals surface area contributed by atoms with Crippen LogP contribution in [0.25, 0.3) is 0 Å². The molecule has 0 spiro atoms. The Hall–Kier alpha value is -2.20. The molecular weight excluding hydrogens is 324 g/mol. The van der Waals surface area contributed by atoms with Crippen molar-refractivity contribution >= 4 is 5.78 Å². The number of hydrogen-bond donors (Lipinski definition) is 0. The lowest BCUT2D eigenvalue weighted by Gasteiger charge is -2.48. The van der Waals surface area contributed by atoms with E-state index in [1.165, 1.54) is 24.8 Å². The number of hydrogen-bond acceptors (Lipinski definition) is 4. The summed E-state index contributed by atoms with van der Waals surface area (Å²) < 4.78 is 5.38. The third-order valence-electron chi connectivity index (χ3n) is 5.97. The number of Topliss-reactive ketones (excluding diaryl/α,β-unsaturated/α-hetero) is 1. The van der Waals surface area contributed by atoms with Crippen molar-refractivity contribution in [3.05, 3.63) is 59.9 Å². The molecular formula is C22H26N2O2. The van der Waals surface area contributed by atoms with Gasteiger partial charge in [-0.3, -0.25) is 14.7 Å². The molecule has 2 unspecified atom stereocenters. The second-order valence-electron chi connectivity index (χ2n) is 7.51. The normalized spacial score (nSPS) is 25.7. The summed E-state index contributed by atoms with van der Waals surface area (Å²) >= 11 is 0. The van der Waals surface area contributed by atoms with Gasteiger partial charge in [0.15, 0.2) is 5.78 Å². The second-order valence-corrected chi connectivity index (χ2v) is 7.51. The van der Waals surface area contributed by atoms with Crippen molar-refractivity contribution in [3.63, 3.8) is 0 Å². The highest BCUT2D eigenvalue weighted by Crippen LogP contribution is 2.39. The number of piperidine rings is 2. The molecule has 2 aliphatic heterocycles. The van der Waals surface area contributed by atoms with E-state index >= 15 is 0 Å². The zero-order chi connectivity index (χ0) is 17.9. The molecule has 2 saturated heterocycles. The first-order valence-corrected chi connectivity index (χ1v) is 9.58. The molecule has 136 valence electrons. The zero-order valence-electron chi connectivity index (χ0n) is 15.3. The van der Waals surface area contributed by atoms with Gasteiger partial charge >= 0.3 is 0 Å². The monoisotopic (exact) mass is 350 g/mol. The molecule has 1 aromatic carbocycles. The number of benzene rings is 1. The Morgan fingerprint density at radius 3 is 2.58 bits per heavy atom. The smallest absolute Gasteiger partial charge is 0.171 e. The summed E-state index contributed by atoms with van der Waals surface area (Å²) in [5, 5.41) is 0. The van der Waals surface area contributed by atoms with Gasteiger partial charge < -0.3 is 4.74 Å². The van der Waals surface area contributed by atoms with Gasteiger partial charge in [0, 0.05) is 36.9 Å². The molecule has 2 aromatic rings. The highest BCUT2D eigenvalue weighted by Gasteiger charge is 2.41. The molecule has 0 N–H and O–H groups in total. The molecule has 2 aliphatic rings. The molecule has 0 amide bonds. The molecule has 4 nitrogen and oxygen atoms in total. The molecule has 2 atom stereocenters. The lowest BCUT2D eigenvalue weighted by molar-refractivity contribution is 0.00898. The fourth-order valence-corrected chi connectivity index (χ4v) is 4.71. The number of pyridine rings is 1. The van der Waals surface area contributed by atoms with Crippen molar-refractivity contribution in [2.24, 2.45) is 5.92 Å². The summed E-state index contributed by atoms with van der Waals surface area (Å²) in [4.78, 5) is 19.9. The summed E-state index contributed by atoms with van der Waals surface area (Å²) in [6.07, 6.45) is 8.88. The van der Waals surface area contributed by atoms with Gasteiger partial charge in [0.25, 0.3) is 0 Å². The van der Waals surface area contributed by atoms with Crippen LogP contribution in [0, 0.1) is 5.92 Å². The summed E-state index contributed by atoms with van der Waals surface area (Å²) in [7, 11) is 1.61. The van der Waals surface area contributed by atoms with Crippen LogP contribution in [0.3, 0.4) is 0 Å². The van der Waals surface area contributed by atoms with Crippen molar-refractivity contribution in [3.8, 4) is 5.75 Å². The minimum Gasteiger partial charge on any atom is -0.496 e. The van der Waals surface area contributed by atoms with Gasteiger partial charge in [-0.15, -0.1) is 0 Å². The number of ether oxygens (including phenoxy) is 1. The lowest BCUT2D eigenvalue weighted by Crippen LogP contribution is -2.52. The molecule has 4 heteroatoms. The van der Waals surface area contributed by atoms with Gasteiger partial charge in [-0.2, -0.15) is 0 Å². The second kappa shape index (κ2) is 7.58. The first-order valence-electron chi connectivity index (χ1n) is 9.58. The van der Waals surface area contributed by atoms with Crippen LogP contribution in [0.1, 0.15) is 48.0 Å². The fraction of sp³-hybridized carbons (Fsp3) is 0.455. The Morgan fingerprint density at radius 2 is 1.88 bits per heavy atom. The largest absolute Gasteiger partial charge is 0.496 e. The maximum Gasteiger partial charge on any atom is 0.171 e. The van der Waals surface area contributed by atoms with E-state index in [9.17, 15) is 4.79 Å². The lowest BCUT2D eigenvalue weighted by atomic mass is 9.75. The van der Waals surface area contributed by atoms with E-state index < -0.39 is 0 Å². The predicted octanol–water partition coefficient (Wildman–Crippen LogP) is 4.11. The van der Waals surface area contributed by atoms with Gasteiger partial charge in [-0.05, 0) is 37.3 Å². The molecule has 0 aliphatic carbocycles. The number of carbonyl (C=O) groups is 1. The Balaban J connectivity index is 1.51. The molecule has 4 rings (SSSR count). The Bertz CT molecular complexity index is 748. The quantitative estimate of drug-likeness (QED) is 0.761. The van der Waals surface area contributed by atoms with Crippen LogP contribution in [0.15, 0.2) is 48.8 Å². The summed E-state index contributed by atoms with van der Waals surface area (Å²) in [6.45, 7) is 0.993. The molecule has 1 aromatic heterocycles. The van der Waals surface area contributed by atoms with Gasteiger partial charge in [-0.25, -0.2) is 0 Å². The number of fused-ring (bicyclic) bond motifs is 2. The van der Waals surface area contributed by atoms with E-state index in [1.54, 1.807) is 25.6 Å². The SMILES string of the molecule is COc1ccncc1C(=O)C1CC2CCCC(C1)N2Cc1ccccc1. The van der Waals surface area contributed by atoms with Crippen LogP contribution in [-0.4, -0.2) is 34.9 Å². The standard InChI is InChI=1S/C22H26N2O2/c1-26-21-10-11-23-14-20(21)22(25)17-12-18-8-5-9-19(13-17)24(18)15-16-6-3-2-4-7-16/h2-4,6-7,10-11,14,17-19H,5,8-9,12-13,15H2,1H3. The van der Waals surface area contributed by atoms with Gasteiger partial charge in [-0.1, -0.05) is 36.8 Å². The van der Waals surface area contributed by atoms with Crippen LogP contribution in [-0.2, 0) is 6.54 Å². The summed E-state index contributed by atoms with van der Waals surface area (Å²) in [6, 6.07) is 13.5. The average Bonchev–Trinajstić information content (AvgIpc) is 2.68. The Labute approximate surface area is 155 Å². The highest BCUT2D eigenvalue weighted by atomic mass is 16.5. The highest BCUT2D eigenvalue weighted by molar-refractivity contribution is 6.00. The maximum absolute atomic E-state index is 13.1. The van der Waals surface area contributed by atoms with E-state index in [-0.39, 0.29) is 11.7 Å².